The van der Waals surface area contributed by atoms with E-state index in [9.17, 15) is 4.79 Å². The Morgan fingerprint density at radius 2 is 1.90 bits per heavy atom. The van der Waals surface area contributed by atoms with Crippen molar-refractivity contribution in [3.63, 3.8) is 0 Å². The van der Waals surface area contributed by atoms with Crippen LogP contribution in [0, 0.1) is 0 Å². The first-order chi connectivity index (χ1) is 10.2. The summed E-state index contributed by atoms with van der Waals surface area (Å²) < 4.78 is 5.78. The zero-order chi connectivity index (χ0) is 15.1. The fraction of sp³-hybridized carbons (Fsp3) is 0.278. The summed E-state index contributed by atoms with van der Waals surface area (Å²) in [6.45, 7) is 2.52. The van der Waals surface area contributed by atoms with Gasteiger partial charge in [-0.05, 0) is 35.6 Å². The van der Waals surface area contributed by atoms with Crippen molar-refractivity contribution in [2.45, 2.75) is 32.3 Å². The highest BCUT2D eigenvalue weighted by molar-refractivity contribution is 5.68. The van der Waals surface area contributed by atoms with Crippen molar-refractivity contribution in [2.24, 2.45) is 0 Å². The van der Waals surface area contributed by atoms with E-state index < -0.39 is 5.97 Å². The minimum atomic E-state index is -0.766. The lowest BCUT2D eigenvalue weighted by Crippen LogP contribution is -2.05. The van der Waals surface area contributed by atoms with Gasteiger partial charge in [-0.2, -0.15) is 0 Å². The van der Waals surface area contributed by atoms with Gasteiger partial charge in [0.05, 0.1) is 6.42 Å². The van der Waals surface area contributed by atoms with Crippen LogP contribution >= 0.6 is 0 Å². The molecule has 0 amide bonds. The van der Waals surface area contributed by atoms with Crippen molar-refractivity contribution in [1.29, 1.82) is 0 Å². The van der Waals surface area contributed by atoms with Gasteiger partial charge in [0.25, 0.3) is 0 Å². The van der Waals surface area contributed by atoms with Gasteiger partial charge in [0.1, 0.15) is 12.4 Å². The lowest BCUT2D eigenvalue weighted by molar-refractivity contribution is -0.137. The number of carboxylic acids is 1. The molecule has 0 aliphatic rings. The van der Waals surface area contributed by atoms with Crippen LogP contribution in [0.5, 0.6) is 5.75 Å². The van der Waals surface area contributed by atoms with E-state index in [0.29, 0.717) is 6.61 Å². The Balaban J connectivity index is 2.04. The molecule has 21 heavy (non-hydrogen) atoms. The Kier molecular flexibility index (Phi) is 5.38. The lowest BCUT2D eigenvalue weighted by atomic mass is 9.93. The topological polar surface area (TPSA) is 46.5 Å². The SMILES string of the molecule is CC[C@H](CC(=O)O)c1cccc(OCc2ccccc2)c1. The van der Waals surface area contributed by atoms with E-state index >= 15 is 0 Å². The fourth-order valence-corrected chi connectivity index (χ4v) is 2.31. The number of aliphatic carboxylic acids is 1. The number of hydrogen-bond acceptors (Lipinski definition) is 2. The zero-order valence-corrected chi connectivity index (χ0v) is 12.2. The van der Waals surface area contributed by atoms with Crippen molar-refractivity contribution in [1.82, 2.24) is 0 Å². The molecule has 2 aromatic rings. The summed E-state index contributed by atoms with van der Waals surface area (Å²) in [6, 6.07) is 17.7. The summed E-state index contributed by atoms with van der Waals surface area (Å²) in [6.07, 6.45) is 0.951. The molecule has 1 atom stereocenters. The van der Waals surface area contributed by atoms with E-state index in [1.54, 1.807) is 0 Å². The molecule has 0 aliphatic carbocycles. The second kappa shape index (κ2) is 7.48. The van der Waals surface area contributed by atoms with Crippen LogP contribution in [0.25, 0.3) is 0 Å². The molecule has 3 heteroatoms. The second-order valence-corrected chi connectivity index (χ2v) is 5.05. The minimum absolute atomic E-state index is 0.0303. The van der Waals surface area contributed by atoms with E-state index in [0.717, 1.165) is 23.3 Å². The van der Waals surface area contributed by atoms with Crippen LogP contribution < -0.4 is 4.74 Å². The first kappa shape index (κ1) is 15.1. The van der Waals surface area contributed by atoms with Gasteiger partial charge in [0.2, 0.25) is 0 Å². The fourth-order valence-electron chi connectivity index (χ4n) is 2.31. The van der Waals surface area contributed by atoms with Crippen molar-refractivity contribution in [3.05, 3.63) is 65.7 Å². The molecular formula is C18H20O3. The van der Waals surface area contributed by atoms with Gasteiger partial charge in [-0.3, -0.25) is 4.79 Å². The quantitative estimate of drug-likeness (QED) is 0.827. The van der Waals surface area contributed by atoms with Crippen molar-refractivity contribution in [2.75, 3.05) is 0 Å². The smallest absolute Gasteiger partial charge is 0.303 e. The summed E-state index contributed by atoms with van der Waals surface area (Å²) >= 11 is 0. The van der Waals surface area contributed by atoms with Crippen LogP contribution in [0.15, 0.2) is 54.6 Å². The minimum Gasteiger partial charge on any atom is -0.489 e. The Hall–Kier alpha value is -2.29. The highest BCUT2D eigenvalue weighted by Gasteiger charge is 2.14. The number of carbonyl (C=O) groups is 1. The maximum Gasteiger partial charge on any atom is 0.303 e. The largest absolute Gasteiger partial charge is 0.489 e. The number of hydrogen-bond donors (Lipinski definition) is 1. The van der Waals surface area contributed by atoms with Crippen LogP contribution in [0.2, 0.25) is 0 Å². The van der Waals surface area contributed by atoms with Crippen molar-refractivity contribution >= 4 is 5.97 Å². The molecular weight excluding hydrogens is 264 g/mol. The van der Waals surface area contributed by atoms with Crippen LogP contribution in [0.3, 0.4) is 0 Å². The van der Waals surface area contributed by atoms with E-state index in [4.69, 9.17) is 9.84 Å². The first-order valence-corrected chi connectivity index (χ1v) is 7.17. The molecule has 0 aliphatic heterocycles. The van der Waals surface area contributed by atoms with Gasteiger partial charge in [0, 0.05) is 0 Å². The van der Waals surface area contributed by atoms with Crippen molar-refractivity contribution < 1.29 is 14.6 Å². The summed E-state index contributed by atoms with van der Waals surface area (Å²) in [5, 5.41) is 8.97. The Morgan fingerprint density at radius 3 is 2.57 bits per heavy atom. The summed E-state index contributed by atoms with van der Waals surface area (Å²) in [5.74, 6) is 0.0421. The maximum absolute atomic E-state index is 10.9. The zero-order valence-electron chi connectivity index (χ0n) is 12.2. The Labute approximate surface area is 125 Å². The van der Waals surface area contributed by atoms with Crippen LogP contribution in [0.1, 0.15) is 36.8 Å². The molecule has 0 fully saturated rings. The van der Waals surface area contributed by atoms with Crippen LogP contribution in [-0.2, 0) is 11.4 Å². The molecule has 0 aromatic heterocycles. The Morgan fingerprint density at radius 1 is 1.14 bits per heavy atom. The van der Waals surface area contributed by atoms with Crippen LogP contribution in [-0.4, -0.2) is 11.1 Å². The maximum atomic E-state index is 10.9. The van der Waals surface area contributed by atoms with Gasteiger partial charge in [0.15, 0.2) is 0 Å². The van der Waals surface area contributed by atoms with E-state index in [1.807, 2.05) is 61.5 Å². The van der Waals surface area contributed by atoms with Gasteiger partial charge >= 0.3 is 5.97 Å². The van der Waals surface area contributed by atoms with Crippen LogP contribution in [0.4, 0.5) is 0 Å². The standard InChI is InChI=1S/C18H20O3/c1-2-15(12-18(19)20)16-9-6-10-17(11-16)21-13-14-7-4-3-5-8-14/h3-11,15H,2,12-13H2,1H3,(H,19,20)/t15-/m1/s1. The third-order valence-corrected chi connectivity index (χ3v) is 3.49. The van der Waals surface area contributed by atoms with E-state index in [1.165, 1.54) is 0 Å². The molecule has 0 saturated heterocycles. The average Bonchev–Trinajstić information content (AvgIpc) is 2.52. The average molecular weight is 284 g/mol. The molecule has 0 spiro atoms. The third-order valence-electron chi connectivity index (χ3n) is 3.49. The molecule has 2 rings (SSSR count). The molecule has 3 nitrogen and oxygen atoms in total. The molecule has 0 bridgehead atoms. The van der Waals surface area contributed by atoms with Gasteiger partial charge in [-0.15, -0.1) is 0 Å². The third kappa shape index (κ3) is 4.63. The van der Waals surface area contributed by atoms with E-state index in [-0.39, 0.29) is 12.3 Å². The molecule has 1 N–H and O–H groups in total. The number of ether oxygens (including phenoxy) is 1. The molecule has 110 valence electrons. The van der Waals surface area contributed by atoms with Gasteiger partial charge in [-0.1, -0.05) is 49.4 Å². The highest BCUT2D eigenvalue weighted by atomic mass is 16.5. The predicted molar refractivity (Wildman–Crippen MR) is 82.5 cm³/mol. The summed E-state index contributed by atoms with van der Waals surface area (Å²) in [4.78, 5) is 10.9. The highest BCUT2D eigenvalue weighted by Crippen LogP contribution is 2.26. The van der Waals surface area contributed by atoms with Crippen molar-refractivity contribution in [3.8, 4) is 5.75 Å². The molecule has 0 heterocycles. The second-order valence-electron chi connectivity index (χ2n) is 5.05. The normalized spacial score (nSPS) is 11.9. The summed E-state index contributed by atoms with van der Waals surface area (Å²) in [7, 11) is 0. The monoisotopic (exact) mass is 284 g/mol. The first-order valence-electron chi connectivity index (χ1n) is 7.17. The molecule has 0 unspecified atom stereocenters. The van der Waals surface area contributed by atoms with Gasteiger partial charge in [-0.25, -0.2) is 0 Å². The summed E-state index contributed by atoms with van der Waals surface area (Å²) in [5.41, 5.74) is 2.13. The number of rotatable bonds is 7. The number of carboxylic acid groups (broad SMARTS) is 1. The molecule has 2 aromatic carbocycles. The Bertz CT molecular complexity index is 578. The lowest BCUT2D eigenvalue weighted by Gasteiger charge is -2.14. The van der Waals surface area contributed by atoms with E-state index in [2.05, 4.69) is 0 Å². The van der Waals surface area contributed by atoms with Gasteiger partial charge < -0.3 is 9.84 Å². The number of benzene rings is 2. The molecule has 0 saturated carbocycles. The molecule has 0 radical (unpaired) electrons. The predicted octanol–water partition coefficient (Wildman–Crippen LogP) is 4.23.